The number of nitrogens with one attached hydrogen (secondary N) is 1. The number of anilines is 1. The van der Waals surface area contributed by atoms with Crippen LogP contribution in [0.4, 0.5) is 10.5 Å². The van der Waals surface area contributed by atoms with E-state index in [2.05, 4.69) is 5.32 Å². The van der Waals surface area contributed by atoms with Crippen molar-refractivity contribution in [3.8, 4) is 0 Å². The molecular weight excluding hydrogens is 254 g/mol. The van der Waals surface area contributed by atoms with Crippen LogP contribution >= 0.6 is 11.6 Å². The van der Waals surface area contributed by atoms with Crippen molar-refractivity contribution in [1.82, 2.24) is 0 Å². The molecule has 4 nitrogen and oxygen atoms in total. The maximum absolute atomic E-state index is 11.5. The summed E-state index contributed by atoms with van der Waals surface area (Å²) in [7, 11) is 0. The van der Waals surface area contributed by atoms with E-state index < -0.39 is 6.09 Å². The smallest absolute Gasteiger partial charge is 0.411 e. The van der Waals surface area contributed by atoms with Gasteiger partial charge in [-0.2, -0.15) is 0 Å². The van der Waals surface area contributed by atoms with E-state index in [-0.39, 0.29) is 6.10 Å². The first-order valence-electron chi connectivity index (χ1n) is 6.05. The summed E-state index contributed by atoms with van der Waals surface area (Å²) in [6.07, 6.45) is 2.72. The van der Waals surface area contributed by atoms with Crippen LogP contribution in [0.15, 0.2) is 24.3 Å². The molecule has 1 aliphatic heterocycles. The number of hydrogen-bond acceptors (Lipinski definition) is 3. The molecule has 1 N–H and O–H groups in total. The molecular formula is C13H16ClNO3. The molecule has 0 aliphatic carbocycles. The maximum Gasteiger partial charge on any atom is 0.411 e. The van der Waals surface area contributed by atoms with Gasteiger partial charge in [-0.25, -0.2) is 4.79 Å². The molecule has 1 amide bonds. The number of ether oxygens (including phenoxy) is 2. The molecule has 18 heavy (non-hydrogen) atoms. The molecule has 98 valence electrons. The Labute approximate surface area is 111 Å². The van der Waals surface area contributed by atoms with Gasteiger partial charge in [0.05, 0.1) is 6.10 Å². The largest absolute Gasteiger partial charge is 0.447 e. The lowest BCUT2D eigenvalue weighted by molar-refractivity contribution is -0.0203. The van der Waals surface area contributed by atoms with Crippen LogP contribution in [0.3, 0.4) is 0 Å². The fourth-order valence-corrected chi connectivity index (χ4v) is 2.02. The highest BCUT2D eigenvalue weighted by molar-refractivity contribution is 6.30. The standard InChI is InChI=1S/C13H16ClNO3/c14-10-4-3-5-11(8-10)15-13(16)18-9-12-6-1-2-7-17-12/h3-5,8,12H,1-2,6-7,9H2,(H,15,16). The lowest BCUT2D eigenvalue weighted by atomic mass is 10.1. The molecule has 1 heterocycles. The molecule has 1 aromatic carbocycles. The van der Waals surface area contributed by atoms with Gasteiger partial charge in [0.15, 0.2) is 0 Å². The highest BCUT2D eigenvalue weighted by Crippen LogP contribution is 2.16. The molecule has 1 fully saturated rings. The van der Waals surface area contributed by atoms with Gasteiger partial charge >= 0.3 is 6.09 Å². The van der Waals surface area contributed by atoms with Gasteiger partial charge in [0.1, 0.15) is 6.61 Å². The zero-order valence-corrected chi connectivity index (χ0v) is 10.8. The summed E-state index contributed by atoms with van der Waals surface area (Å²) in [5, 5.41) is 3.19. The number of benzene rings is 1. The molecule has 0 radical (unpaired) electrons. The monoisotopic (exact) mass is 269 g/mol. The van der Waals surface area contributed by atoms with E-state index in [4.69, 9.17) is 21.1 Å². The number of carbonyl (C=O) groups excluding carboxylic acids is 1. The molecule has 0 bridgehead atoms. The summed E-state index contributed by atoms with van der Waals surface area (Å²) in [6, 6.07) is 6.93. The summed E-state index contributed by atoms with van der Waals surface area (Å²) in [6.45, 7) is 1.05. The summed E-state index contributed by atoms with van der Waals surface area (Å²) in [4.78, 5) is 11.5. The quantitative estimate of drug-likeness (QED) is 0.914. The highest BCUT2D eigenvalue weighted by Gasteiger charge is 2.15. The lowest BCUT2D eigenvalue weighted by Gasteiger charge is -2.22. The zero-order chi connectivity index (χ0) is 12.8. The molecule has 1 aliphatic rings. The van der Waals surface area contributed by atoms with Crippen LogP contribution in [-0.4, -0.2) is 25.4 Å². The van der Waals surface area contributed by atoms with Crippen molar-refractivity contribution in [3.05, 3.63) is 29.3 Å². The fourth-order valence-electron chi connectivity index (χ4n) is 1.83. The number of hydrogen-bond donors (Lipinski definition) is 1. The third kappa shape index (κ3) is 4.20. The second kappa shape index (κ2) is 6.61. The minimum Gasteiger partial charge on any atom is -0.447 e. The number of carbonyl (C=O) groups is 1. The first-order chi connectivity index (χ1) is 8.74. The van der Waals surface area contributed by atoms with E-state index in [1.165, 1.54) is 0 Å². The Hall–Kier alpha value is -1.26. The van der Waals surface area contributed by atoms with Gasteiger partial charge in [-0.3, -0.25) is 5.32 Å². The summed E-state index contributed by atoms with van der Waals surface area (Å²) in [5.41, 5.74) is 0.622. The van der Waals surface area contributed by atoms with Gasteiger partial charge in [-0.1, -0.05) is 17.7 Å². The van der Waals surface area contributed by atoms with Crippen LogP contribution in [0.5, 0.6) is 0 Å². The van der Waals surface area contributed by atoms with E-state index >= 15 is 0 Å². The Morgan fingerprint density at radius 2 is 2.39 bits per heavy atom. The minimum atomic E-state index is -0.480. The number of amides is 1. The third-order valence-corrected chi connectivity index (χ3v) is 2.98. The molecule has 2 rings (SSSR count). The van der Waals surface area contributed by atoms with Crippen LogP contribution in [0, 0.1) is 0 Å². The summed E-state index contributed by atoms with van der Waals surface area (Å²) >= 11 is 5.81. The first kappa shape index (κ1) is 13.2. The van der Waals surface area contributed by atoms with Gasteiger partial charge in [0.2, 0.25) is 0 Å². The maximum atomic E-state index is 11.5. The van der Waals surface area contributed by atoms with Gasteiger partial charge < -0.3 is 9.47 Å². The van der Waals surface area contributed by atoms with Crippen LogP contribution < -0.4 is 5.32 Å². The average Bonchev–Trinajstić information content (AvgIpc) is 2.38. The normalized spacial score (nSPS) is 19.3. The lowest BCUT2D eigenvalue weighted by Crippen LogP contribution is -2.27. The topological polar surface area (TPSA) is 47.6 Å². The second-order valence-corrected chi connectivity index (χ2v) is 4.66. The van der Waals surface area contributed by atoms with E-state index in [0.717, 1.165) is 25.9 Å². The molecule has 0 spiro atoms. The van der Waals surface area contributed by atoms with Gasteiger partial charge in [0, 0.05) is 17.3 Å². The van der Waals surface area contributed by atoms with E-state index in [1.807, 2.05) is 0 Å². The van der Waals surface area contributed by atoms with Crippen molar-refractivity contribution in [2.24, 2.45) is 0 Å². The molecule has 1 saturated heterocycles. The Morgan fingerprint density at radius 3 is 3.11 bits per heavy atom. The molecule has 1 aromatic rings. The predicted molar refractivity (Wildman–Crippen MR) is 70.0 cm³/mol. The van der Waals surface area contributed by atoms with E-state index in [9.17, 15) is 4.79 Å². The Bertz CT molecular complexity index is 405. The van der Waals surface area contributed by atoms with Crippen LogP contribution in [0.1, 0.15) is 19.3 Å². The van der Waals surface area contributed by atoms with Gasteiger partial charge in [-0.05, 0) is 37.5 Å². The molecule has 1 unspecified atom stereocenters. The van der Waals surface area contributed by atoms with E-state index in [1.54, 1.807) is 24.3 Å². The van der Waals surface area contributed by atoms with Crippen LogP contribution in [-0.2, 0) is 9.47 Å². The van der Waals surface area contributed by atoms with Crippen LogP contribution in [0.2, 0.25) is 5.02 Å². The first-order valence-corrected chi connectivity index (χ1v) is 6.43. The third-order valence-electron chi connectivity index (χ3n) is 2.75. The van der Waals surface area contributed by atoms with E-state index in [0.29, 0.717) is 17.3 Å². The second-order valence-electron chi connectivity index (χ2n) is 4.22. The fraction of sp³-hybridized carbons (Fsp3) is 0.462. The minimum absolute atomic E-state index is 0.0314. The number of halogens is 1. The summed E-state index contributed by atoms with van der Waals surface area (Å²) in [5.74, 6) is 0. The average molecular weight is 270 g/mol. The molecule has 5 heteroatoms. The summed E-state index contributed by atoms with van der Waals surface area (Å²) < 4.78 is 10.6. The van der Waals surface area contributed by atoms with Crippen molar-refractivity contribution in [3.63, 3.8) is 0 Å². The van der Waals surface area contributed by atoms with Gasteiger partial charge in [0.25, 0.3) is 0 Å². The molecule has 1 atom stereocenters. The van der Waals surface area contributed by atoms with Gasteiger partial charge in [-0.15, -0.1) is 0 Å². The molecule has 0 aromatic heterocycles. The van der Waals surface area contributed by atoms with Crippen molar-refractivity contribution in [1.29, 1.82) is 0 Å². The SMILES string of the molecule is O=C(Nc1cccc(Cl)c1)OCC1CCCCO1. The van der Waals surface area contributed by atoms with Crippen molar-refractivity contribution in [2.45, 2.75) is 25.4 Å². The van der Waals surface area contributed by atoms with Crippen LogP contribution in [0.25, 0.3) is 0 Å². The van der Waals surface area contributed by atoms with Crippen molar-refractivity contribution < 1.29 is 14.3 Å². The Kier molecular flexibility index (Phi) is 4.84. The highest BCUT2D eigenvalue weighted by atomic mass is 35.5. The number of rotatable bonds is 3. The Morgan fingerprint density at radius 1 is 1.50 bits per heavy atom. The molecule has 0 saturated carbocycles. The Balaban J connectivity index is 1.74. The van der Waals surface area contributed by atoms with Crippen molar-refractivity contribution >= 4 is 23.4 Å². The predicted octanol–water partition coefficient (Wildman–Crippen LogP) is 3.46. The zero-order valence-electron chi connectivity index (χ0n) is 10.0. The van der Waals surface area contributed by atoms with Crippen molar-refractivity contribution in [2.75, 3.05) is 18.5 Å².